The molecule has 0 bridgehead atoms. The van der Waals surface area contributed by atoms with Gasteiger partial charge in [-0.15, -0.1) is 0 Å². The third-order valence-electron chi connectivity index (χ3n) is 7.67. The molecule has 0 saturated heterocycles. The lowest BCUT2D eigenvalue weighted by Crippen LogP contribution is -1.93. The second-order valence-electron chi connectivity index (χ2n) is 10.0. The summed E-state index contributed by atoms with van der Waals surface area (Å²) in [7, 11) is 0. The monoisotopic (exact) mass is 514 g/mol. The predicted octanol–water partition coefficient (Wildman–Crippen LogP) is 10.1. The van der Waals surface area contributed by atoms with Crippen LogP contribution in [0.25, 0.3) is 66.1 Å². The molecule has 40 heavy (non-hydrogen) atoms. The van der Waals surface area contributed by atoms with Crippen molar-refractivity contribution < 1.29 is 10.2 Å². The van der Waals surface area contributed by atoms with Crippen molar-refractivity contribution in [1.82, 2.24) is 0 Å². The van der Waals surface area contributed by atoms with Gasteiger partial charge in [0.15, 0.2) is 0 Å². The summed E-state index contributed by atoms with van der Waals surface area (Å²) in [6, 6.07) is 48.8. The second-order valence-corrected chi connectivity index (χ2v) is 10.0. The molecule has 2 N–H and O–H groups in total. The van der Waals surface area contributed by atoms with Crippen LogP contribution in [0.15, 0.2) is 146 Å². The Labute approximate surface area is 233 Å². The fourth-order valence-corrected chi connectivity index (χ4v) is 5.82. The van der Waals surface area contributed by atoms with E-state index in [4.69, 9.17) is 0 Å². The quantitative estimate of drug-likeness (QED) is 0.229. The molecule has 2 heteroatoms. The number of hydrogen-bond acceptors (Lipinski definition) is 2. The summed E-state index contributed by atoms with van der Waals surface area (Å²) >= 11 is 0. The molecule has 0 aliphatic carbocycles. The highest BCUT2D eigenvalue weighted by atomic mass is 16.3. The van der Waals surface area contributed by atoms with Crippen LogP contribution in [0.1, 0.15) is 0 Å². The van der Waals surface area contributed by atoms with Crippen molar-refractivity contribution in [3.8, 4) is 56.0 Å². The maximum Gasteiger partial charge on any atom is 0.123 e. The van der Waals surface area contributed by atoms with E-state index in [0.717, 1.165) is 55.3 Å². The first-order valence-electron chi connectivity index (χ1n) is 13.4. The number of phenolic OH excluding ortho intramolecular Hbond substituents is 2. The molecule has 7 rings (SSSR count). The van der Waals surface area contributed by atoms with Gasteiger partial charge < -0.3 is 10.2 Å². The average Bonchev–Trinajstić information content (AvgIpc) is 3.02. The highest BCUT2D eigenvalue weighted by Gasteiger charge is 2.20. The highest BCUT2D eigenvalue weighted by molar-refractivity contribution is 6.21. The maximum absolute atomic E-state index is 10.9. The molecule has 0 amide bonds. The smallest absolute Gasteiger partial charge is 0.123 e. The van der Waals surface area contributed by atoms with E-state index in [0.29, 0.717) is 0 Å². The third-order valence-corrected chi connectivity index (χ3v) is 7.67. The maximum atomic E-state index is 10.9. The molecule has 7 aromatic carbocycles. The molecule has 0 aliphatic heterocycles. The predicted molar refractivity (Wildman–Crippen MR) is 167 cm³/mol. The largest absolute Gasteiger partial charge is 0.507 e. The molecule has 0 aliphatic rings. The SMILES string of the molecule is Oc1ccc(-c2c(-c3ccc(O)c(-c4ccccc4)c3)c3ccccc3c3ccccc23)cc1-c1ccccc1. The van der Waals surface area contributed by atoms with E-state index in [1.165, 1.54) is 10.8 Å². The zero-order valence-corrected chi connectivity index (χ0v) is 21.8. The third kappa shape index (κ3) is 3.98. The lowest BCUT2D eigenvalue weighted by molar-refractivity contribution is 0.477. The molecule has 7 aromatic rings. The van der Waals surface area contributed by atoms with Crippen LogP contribution in [0.5, 0.6) is 11.5 Å². The average molecular weight is 515 g/mol. The minimum absolute atomic E-state index is 0.248. The number of hydrogen-bond donors (Lipinski definition) is 2. The fraction of sp³-hybridized carbons (Fsp3) is 0. The van der Waals surface area contributed by atoms with Crippen LogP contribution in [0.2, 0.25) is 0 Å². The highest BCUT2D eigenvalue weighted by Crippen LogP contribution is 2.47. The Morgan fingerprint density at radius 1 is 0.300 bits per heavy atom. The zero-order chi connectivity index (χ0) is 27.1. The molecule has 0 spiro atoms. The molecular formula is C38H26O2. The number of phenols is 2. The summed E-state index contributed by atoms with van der Waals surface area (Å²) < 4.78 is 0. The standard InChI is InChI=1S/C38H26O2/c39-35-21-19-27(23-33(35)25-11-3-1-4-12-25)37-31-17-9-7-15-29(31)30-16-8-10-18-32(30)38(37)28-20-22-36(40)34(24-28)26-13-5-2-6-14-26/h1-24,39-40H. The summed E-state index contributed by atoms with van der Waals surface area (Å²) in [5, 5.41) is 26.4. The minimum Gasteiger partial charge on any atom is -0.507 e. The Morgan fingerprint density at radius 2 is 0.650 bits per heavy atom. The van der Waals surface area contributed by atoms with E-state index >= 15 is 0 Å². The van der Waals surface area contributed by atoms with Crippen molar-refractivity contribution >= 4 is 21.5 Å². The van der Waals surface area contributed by atoms with Gasteiger partial charge in [0.05, 0.1) is 0 Å². The van der Waals surface area contributed by atoms with Crippen molar-refractivity contribution in [3.05, 3.63) is 146 Å². The van der Waals surface area contributed by atoms with E-state index in [-0.39, 0.29) is 11.5 Å². The number of benzene rings is 7. The van der Waals surface area contributed by atoms with E-state index < -0.39 is 0 Å². The molecule has 0 aromatic heterocycles. The Kier molecular flexibility index (Phi) is 5.79. The van der Waals surface area contributed by atoms with Crippen LogP contribution in [0.4, 0.5) is 0 Å². The van der Waals surface area contributed by atoms with Gasteiger partial charge in [-0.3, -0.25) is 0 Å². The molecule has 0 atom stereocenters. The lowest BCUT2D eigenvalue weighted by atomic mass is 9.83. The van der Waals surface area contributed by atoms with Crippen molar-refractivity contribution in [2.24, 2.45) is 0 Å². The van der Waals surface area contributed by atoms with Gasteiger partial charge in [-0.25, -0.2) is 0 Å². The normalized spacial score (nSPS) is 11.2. The summed E-state index contributed by atoms with van der Waals surface area (Å²) in [6.07, 6.45) is 0. The van der Waals surface area contributed by atoms with E-state index in [9.17, 15) is 10.2 Å². The van der Waals surface area contributed by atoms with Gasteiger partial charge in [-0.1, -0.05) is 121 Å². The molecule has 0 fully saturated rings. The summed E-state index contributed by atoms with van der Waals surface area (Å²) in [5.74, 6) is 0.496. The van der Waals surface area contributed by atoms with Crippen molar-refractivity contribution in [1.29, 1.82) is 0 Å². The van der Waals surface area contributed by atoms with Gasteiger partial charge in [0.2, 0.25) is 0 Å². The molecular weight excluding hydrogens is 488 g/mol. The molecule has 0 radical (unpaired) electrons. The fourth-order valence-electron chi connectivity index (χ4n) is 5.82. The topological polar surface area (TPSA) is 40.5 Å². The summed E-state index contributed by atoms with van der Waals surface area (Å²) in [5.41, 5.74) is 7.72. The zero-order valence-electron chi connectivity index (χ0n) is 21.8. The van der Waals surface area contributed by atoms with Gasteiger partial charge >= 0.3 is 0 Å². The van der Waals surface area contributed by atoms with Crippen molar-refractivity contribution in [3.63, 3.8) is 0 Å². The van der Waals surface area contributed by atoms with Crippen molar-refractivity contribution in [2.45, 2.75) is 0 Å². The van der Waals surface area contributed by atoms with Crippen LogP contribution >= 0.6 is 0 Å². The van der Waals surface area contributed by atoms with E-state index in [2.05, 4.69) is 60.7 Å². The van der Waals surface area contributed by atoms with E-state index in [1.807, 2.05) is 72.8 Å². The Bertz CT molecular complexity index is 1860. The molecule has 2 nitrogen and oxygen atoms in total. The first-order chi connectivity index (χ1) is 19.7. The van der Waals surface area contributed by atoms with Crippen LogP contribution < -0.4 is 0 Å². The molecule has 0 saturated carbocycles. The van der Waals surface area contributed by atoms with Crippen LogP contribution in [-0.4, -0.2) is 10.2 Å². The van der Waals surface area contributed by atoms with Crippen LogP contribution in [-0.2, 0) is 0 Å². The van der Waals surface area contributed by atoms with Gasteiger partial charge in [-0.2, -0.15) is 0 Å². The Hall–Kier alpha value is -5.34. The molecule has 0 heterocycles. The first-order valence-corrected chi connectivity index (χ1v) is 13.4. The number of fused-ring (bicyclic) bond motifs is 3. The minimum atomic E-state index is 0.248. The van der Waals surface area contributed by atoms with E-state index in [1.54, 1.807) is 12.1 Å². The number of rotatable bonds is 4. The molecule has 190 valence electrons. The first kappa shape index (κ1) is 23.8. The number of aromatic hydroxyl groups is 2. The lowest BCUT2D eigenvalue weighted by Gasteiger charge is -2.20. The Morgan fingerprint density at radius 3 is 1.05 bits per heavy atom. The Balaban J connectivity index is 1.59. The van der Waals surface area contributed by atoms with Gasteiger partial charge in [0.25, 0.3) is 0 Å². The van der Waals surface area contributed by atoms with Crippen LogP contribution in [0, 0.1) is 0 Å². The van der Waals surface area contributed by atoms with Gasteiger partial charge in [0, 0.05) is 11.1 Å². The van der Waals surface area contributed by atoms with Crippen molar-refractivity contribution in [2.75, 3.05) is 0 Å². The van der Waals surface area contributed by atoms with Gasteiger partial charge in [-0.05, 0) is 79.2 Å². The summed E-state index contributed by atoms with van der Waals surface area (Å²) in [6.45, 7) is 0. The summed E-state index contributed by atoms with van der Waals surface area (Å²) in [4.78, 5) is 0. The second kappa shape index (κ2) is 9.76. The van der Waals surface area contributed by atoms with Crippen LogP contribution in [0.3, 0.4) is 0 Å². The molecule has 0 unspecified atom stereocenters. The van der Waals surface area contributed by atoms with Gasteiger partial charge in [0.1, 0.15) is 11.5 Å².